The predicted octanol–water partition coefficient (Wildman–Crippen LogP) is -0.198. The third kappa shape index (κ3) is 3.08. The monoisotopic (exact) mass is 202 g/mol. The fourth-order valence-corrected chi connectivity index (χ4v) is 1.53. The Morgan fingerprint density at radius 2 is 2.31 bits per heavy atom. The van der Waals surface area contributed by atoms with Gasteiger partial charge in [0, 0.05) is 19.1 Å². The van der Waals surface area contributed by atoms with Crippen LogP contribution in [0.4, 0.5) is 0 Å². The van der Waals surface area contributed by atoms with Crippen LogP contribution in [0.15, 0.2) is 20.7 Å². The van der Waals surface area contributed by atoms with E-state index in [1.165, 1.54) is 18.0 Å². The van der Waals surface area contributed by atoms with Crippen LogP contribution in [0.25, 0.3) is 0 Å². The number of hydrogen-bond acceptors (Lipinski definition) is 4. The van der Waals surface area contributed by atoms with Crippen molar-refractivity contribution in [1.29, 1.82) is 0 Å². The number of H-pyrrole nitrogens is 2. The summed E-state index contributed by atoms with van der Waals surface area (Å²) < 4.78 is 4.82. The van der Waals surface area contributed by atoms with Gasteiger partial charge >= 0.3 is 5.69 Å². The molecule has 0 saturated heterocycles. The molecule has 1 rings (SSSR count). The Hall–Kier alpha value is -1.01. The molecule has 1 aromatic rings. The summed E-state index contributed by atoms with van der Waals surface area (Å²) >= 11 is 1.34. The van der Waals surface area contributed by atoms with E-state index in [1.54, 1.807) is 7.11 Å². The van der Waals surface area contributed by atoms with Gasteiger partial charge < -0.3 is 9.72 Å². The van der Waals surface area contributed by atoms with E-state index < -0.39 is 5.69 Å². The van der Waals surface area contributed by atoms with Crippen LogP contribution < -0.4 is 11.2 Å². The average Bonchev–Trinajstić information content (AvgIpc) is 2.09. The van der Waals surface area contributed by atoms with E-state index in [2.05, 4.69) is 9.97 Å². The van der Waals surface area contributed by atoms with Crippen LogP contribution in [-0.4, -0.2) is 29.4 Å². The first-order valence-electron chi connectivity index (χ1n) is 3.68. The molecule has 0 atom stereocenters. The number of aromatic nitrogens is 2. The van der Waals surface area contributed by atoms with E-state index in [0.717, 1.165) is 0 Å². The molecule has 0 fully saturated rings. The third-order valence-electron chi connectivity index (χ3n) is 1.33. The summed E-state index contributed by atoms with van der Waals surface area (Å²) in [5.41, 5.74) is -0.842. The minimum absolute atomic E-state index is 0.357. The number of thioether (sulfide) groups is 1. The van der Waals surface area contributed by atoms with Crippen LogP contribution in [0, 0.1) is 0 Å². The molecule has 72 valence electrons. The van der Waals surface area contributed by atoms with E-state index in [-0.39, 0.29) is 5.56 Å². The van der Waals surface area contributed by atoms with Crippen molar-refractivity contribution in [3.63, 3.8) is 0 Å². The quantitative estimate of drug-likeness (QED) is 0.524. The average molecular weight is 202 g/mol. The topological polar surface area (TPSA) is 75.0 Å². The van der Waals surface area contributed by atoms with Crippen molar-refractivity contribution in [2.45, 2.75) is 4.90 Å². The summed E-state index contributed by atoms with van der Waals surface area (Å²) in [4.78, 5) is 26.8. The SMILES string of the molecule is COCCSc1c[nH]c(=O)[nH]c1=O. The van der Waals surface area contributed by atoms with Gasteiger partial charge in [0.15, 0.2) is 0 Å². The Bertz CT molecular complexity index is 370. The molecule has 1 heterocycles. The standard InChI is InChI=1S/C7H10N2O3S/c1-12-2-3-13-5-4-8-7(11)9-6(5)10/h4H,2-3H2,1H3,(H2,8,9,10,11). The maximum absolute atomic E-state index is 11.1. The lowest BCUT2D eigenvalue weighted by Gasteiger charge is -1.97. The molecule has 0 aliphatic carbocycles. The second-order valence-electron chi connectivity index (χ2n) is 2.28. The normalized spacial score (nSPS) is 10.2. The number of methoxy groups -OCH3 is 1. The molecule has 6 heteroatoms. The van der Waals surface area contributed by atoms with Gasteiger partial charge in [0.2, 0.25) is 0 Å². The highest BCUT2D eigenvalue weighted by atomic mass is 32.2. The van der Waals surface area contributed by atoms with Crippen LogP contribution in [-0.2, 0) is 4.74 Å². The van der Waals surface area contributed by atoms with Crippen molar-refractivity contribution in [2.75, 3.05) is 19.5 Å². The number of ether oxygens (including phenoxy) is 1. The summed E-state index contributed by atoms with van der Waals surface area (Å²) in [5.74, 6) is 0.686. The van der Waals surface area contributed by atoms with Gasteiger partial charge in [-0.3, -0.25) is 9.78 Å². The van der Waals surface area contributed by atoms with Crippen molar-refractivity contribution in [2.24, 2.45) is 0 Å². The molecule has 0 radical (unpaired) electrons. The Kier molecular flexibility index (Phi) is 3.78. The zero-order valence-electron chi connectivity index (χ0n) is 7.12. The van der Waals surface area contributed by atoms with Gasteiger partial charge in [-0.15, -0.1) is 11.8 Å². The molecule has 0 unspecified atom stereocenters. The number of nitrogens with one attached hydrogen (secondary N) is 2. The van der Waals surface area contributed by atoms with Crippen LogP contribution in [0.5, 0.6) is 0 Å². The van der Waals surface area contributed by atoms with Crippen molar-refractivity contribution in [1.82, 2.24) is 9.97 Å². The summed E-state index contributed by atoms with van der Waals surface area (Å²) in [7, 11) is 1.59. The van der Waals surface area contributed by atoms with Gasteiger partial charge in [0.1, 0.15) is 0 Å². The first-order valence-corrected chi connectivity index (χ1v) is 4.66. The first kappa shape index (κ1) is 10.1. The van der Waals surface area contributed by atoms with Gasteiger partial charge in [0.25, 0.3) is 5.56 Å². The first-order chi connectivity index (χ1) is 6.24. The molecule has 0 amide bonds. The molecule has 0 aromatic carbocycles. The summed E-state index contributed by atoms with van der Waals surface area (Å²) in [6.07, 6.45) is 1.40. The van der Waals surface area contributed by atoms with Gasteiger partial charge in [-0.05, 0) is 0 Å². The molecule has 0 saturated carbocycles. The highest BCUT2D eigenvalue weighted by Gasteiger charge is 1.99. The largest absolute Gasteiger partial charge is 0.384 e. The Balaban J connectivity index is 2.67. The molecular weight excluding hydrogens is 192 g/mol. The number of hydrogen-bond donors (Lipinski definition) is 2. The minimum atomic E-state index is -0.485. The molecular formula is C7H10N2O3S. The van der Waals surface area contributed by atoms with E-state index in [1.807, 2.05) is 0 Å². The summed E-state index contributed by atoms with van der Waals surface area (Å²) in [6, 6.07) is 0. The smallest absolute Gasteiger partial charge is 0.325 e. The molecule has 5 nitrogen and oxygen atoms in total. The summed E-state index contributed by atoms with van der Waals surface area (Å²) in [5, 5.41) is 0. The maximum atomic E-state index is 11.1. The van der Waals surface area contributed by atoms with Crippen molar-refractivity contribution >= 4 is 11.8 Å². The van der Waals surface area contributed by atoms with Crippen LogP contribution >= 0.6 is 11.8 Å². The highest BCUT2D eigenvalue weighted by Crippen LogP contribution is 2.09. The Labute approximate surface area is 78.5 Å². The van der Waals surface area contributed by atoms with Crippen LogP contribution in [0.1, 0.15) is 0 Å². The predicted molar refractivity (Wildman–Crippen MR) is 50.3 cm³/mol. The number of rotatable bonds is 4. The zero-order valence-corrected chi connectivity index (χ0v) is 7.94. The van der Waals surface area contributed by atoms with E-state index in [0.29, 0.717) is 17.3 Å². The van der Waals surface area contributed by atoms with E-state index in [4.69, 9.17) is 4.74 Å². The van der Waals surface area contributed by atoms with E-state index in [9.17, 15) is 9.59 Å². The molecule has 0 aliphatic heterocycles. The van der Waals surface area contributed by atoms with Crippen molar-refractivity contribution < 1.29 is 4.74 Å². The van der Waals surface area contributed by atoms with Crippen LogP contribution in [0.3, 0.4) is 0 Å². The second kappa shape index (κ2) is 4.88. The Morgan fingerprint density at radius 1 is 1.54 bits per heavy atom. The summed E-state index contributed by atoms with van der Waals surface area (Å²) in [6.45, 7) is 0.573. The van der Waals surface area contributed by atoms with Gasteiger partial charge in [-0.2, -0.15) is 0 Å². The second-order valence-corrected chi connectivity index (χ2v) is 3.41. The molecule has 0 aliphatic rings. The molecule has 0 bridgehead atoms. The minimum Gasteiger partial charge on any atom is -0.384 e. The lowest BCUT2D eigenvalue weighted by Crippen LogP contribution is -2.22. The molecule has 13 heavy (non-hydrogen) atoms. The molecule has 0 spiro atoms. The molecule has 2 N–H and O–H groups in total. The maximum Gasteiger partial charge on any atom is 0.325 e. The van der Waals surface area contributed by atoms with Gasteiger partial charge in [0.05, 0.1) is 11.5 Å². The lowest BCUT2D eigenvalue weighted by atomic mass is 10.7. The van der Waals surface area contributed by atoms with Crippen molar-refractivity contribution in [3.8, 4) is 0 Å². The fraction of sp³-hybridized carbons (Fsp3) is 0.429. The molecule has 1 aromatic heterocycles. The van der Waals surface area contributed by atoms with Crippen molar-refractivity contribution in [3.05, 3.63) is 27.0 Å². The Morgan fingerprint density at radius 3 is 2.92 bits per heavy atom. The van der Waals surface area contributed by atoms with Crippen LogP contribution in [0.2, 0.25) is 0 Å². The zero-order chi connectivity index (χ0) is 9.68. The number of aromatic amines is 2. The van der Waals surface area contributed by atoms with Gasteiger partial charge in [-0.25, -0.2) is 4.79 Å². The third-order valence-corrected chi connectivity index (χ3v) is 2.32. The van der Waals surface area contributed by atoms with Gasteiger partial charge in [-0.1, -0.05) is 0 Å². The fourth-order valence-electron chi connectivity index (χ4n) is 0.740. The lowest BCUT2D eigenvalue weighted by molar-refractivity contribution is 0.218. The van der Waals surface area contributed by atoms with E-state index >= 15 is 0 Å². The highest BCUT2D eigenvalue weighted by molar-refractivity contribution is 7.99.